The fraction of sp³-hybridized carbons (Fsp3) is 0.667. The summed E-state index contributed by atoms with van der Waals surface area (Å²) < 4.78 is 5.80. The summed E-state index contributed by atoms with van der Waals surface area (Å²) in [6.45, 7) is 5.78. The lowest BCUT2D eigenvalue weighted by molar-refractivity contribution is -0.136. The van der Waals surface area contributed by atoms with Gasteiger partial charge in [0.05, 0.1) is 6.10 Å². The van der Waals surface area contributed by atoms with Crippen LogP contribution in [0.4, 0.5) is 11.4 Å². The van der Waals surface area contributed by atoms with Gasteiger partial charge in [0.25, 0.3) is 0 Å². The molecule has 6 heteroatoms. The fourth-order valence-corrected chi connectivity index (χ4v) is 4.50. The number of carbonyl (C=O) groups excluding carboxylic acids is 2. The lowest BCUT2D eigenvalue weighted by Crippen LogP contribution is -2.39. The minimum Gasteiger partial charge on any atom is -0.377 e. The van der Waals surface area contributed by atoms with Gasteiger partial charge in [-0.2, -0.15) is 0 Å². The van der Waals surface area contributed by atoms with E-state index in [9.17, 15) is 9.59 Å². The molecular formula is C24H37N3O3. The molecule has 0 radical (unpaired) electrons. The van der Waals surface area contributed by atoms with E-state index >= 15 is 0 Å². The smallest absolute Gasteiger partial charge is 0.227 e. The van der Waals surface area contributed by atoms with Gasteiger partial charge in [-0.25, -0.2) is 0 Å². The van der Waals surface area contributed by atoms with Gasteiger partial charge in [0.1, 0.15) is 0 Å². The second-order valence-corrected chi connectivity index (χ2v) is 9.22. The van der Waals surface area contributed by atoms with Crippen molar-refractivity contribution in [3.8, 4) is 0 Å². The first-order valence-electron chi connectivity index (χ1n) is 11.4. The average Bonchev–Trinajstić information content (AvgIpc) is 3.41. The summed E-state index contributed by atoms with van der Waals surface area (Å²) in [6, 6.07) is 6.02. The Hall–Kier alpha value is -2.08. The molecule has 1 aliphatic heterocycles. The van der Waals surface area contributed by atoms with Crippen LogP contribution in [0.25, 0.3) is 0 Å². The van der Waals surface area contributed by atoms with E-state index in [0.717, 1.165) is 62.1 Å². The third-order valence-electron chi connectivity index (χ3n) is 6.17. The predicted molar refractivity (Wildman–Crippen MR) is 121 cm³/mol. The third kappa shape index (κ3) is 5.75. The summed E-state index contributed by atoms with van der Waals surface area (Å²) in [5.41, 5.74) is 2.90. The topological polar surface area (TPSA) is 61.9 Å². The number of benzene rings is 1. The maximum Gasteiger partial charge on any atom is 0.227 e. The first-order valence-corrected chi connectivity index (χ1v) is 11.4. The molecular weight excluding hydrogens is 378 g/mol. The Morgan fingerprint density at radius 2 is 1.87 bits per heavy atom. The van der Waals surface area contributed by atoms with Crippen molar-refractivity contribution in [2.75, 3.05) is 37.5 Å². The molecule has 1 heterocycles. The van der Waals surface area contributed by atoms with Crippen LogP contribution in [0, 0.1) is 11.8 Å². The molecule has 3 rings (SSSR count). The molecule has 1 N–H and O–H groups in total. The minimum absolute atomic E-state index is 0.0699. The van der Waals surface area contributed by atoms with Gasteiger partial charge in [0.15, 0.2) is 0 Å². The van der Waals surface area contributed by atoms with Crippen molar-refractivity contribution in [2.45, 2.75) is 65.0 Å². The first kappa shape index (κ1) is 22.6. The SMILES string of the molecule is CC(C)C(=O)N(Cc1cc(NC(=O)C2CCCC2)ccc1N(C)C)C[C@H]1CCCO1. The van der Waals surface area contributed by atoms with E-state index in [1.165, 1.54) is 0 Å². The molecule has 0 bridgehead atoms. The summed E-state index contributed by atoms with van der Waals surface area (Å²) in [5.74, 6) is 0.307. The highest BCUT2D eigenvalue weighted by atomic mass is 16.5. The van der Waals surface area contributed by atoms with Crippen molar-refractivity contribution in [3.05, 3.63) is 23.8 Å². The van der Waals surface area contributed by atoms with Crippen LogP contribution in [0.3, 0.4) is 0 Å². The zero-order valence-corrected chi connectivity index (χ0v) is 18.9. The molecule has 2 amide bonds. The lowest BCUT2D eigenvalue weighted by Gasteiger charge is -2.29. The third-order valence-corrected chi connectivity index (χ3v) is 6.17. The van der Waals surface area contributed by atoms with E-state index in [0.29, 0.717) is 13.1 Å². The molecule has 1 atom stereocenters. The second-order valence-electron chi connectivity index (χ2n) is 9.22. The minimum atomic E-state index is -0.0699. The van der Waals surface area contributed by atoms with Gasteiger partial charge in [0.2, 0.25) is 11.8 Å². The van der Waals surface area contributed by atoms with E-state index < -0.39 is 0 Å². The molecule has 166 valence electrons. The van der Waals surface area contributed by atoms with Gasteiger partial charge >= 0.3 is 0 Å². The molecule has 2 aliphatic rings. The van der Waals surface area contributed by atoms with Crippen molar-refractivity contribution in [1.29, 1.82) is 0 Å². The Labute approximate surface area is 180 Å². The Balaban J connectivity index is 1.80. The van der Waals surface area contributed by atoms with Crippen LogP contribution in [0.2, 0.25) is 0 Å². The van der Waals surface area contributed by atoms with Crippen molar-refractivity contribution in [3.63, 3.8) is 0 Å². The van der Waals surface area contributed by atoms with Crippen molar-refractivity contribution in [2.24, 2.45) is 11.8 Å². The highest BCUT2D eigenvalue weighted by Gasteiger charge is 2.26. The molecule has 30 heavy (non-hydrogen) atoms. The van der Waals surface area contributed by atoms with Gasteiger partial charge < -0.3 is 19.9 Å². The van der Waals surface area contributed by atoms with Crippen LogP contribution in [-0.2, 0) is 20.9 Å². The van der Waals surface area contributed by atoms with Crippen molar-refractivity contribution < 1.29 is 14.3 Å². The molecule has 1 aromatic carbocycles. The normalized spacial score (nSPS) is 19.3. The van der Waals surface area contributed by atoms with Gasteiger partial charge in [-0.1, -0.05) is 26.7 Å². The number of carbonyl (C=O) groups is 2. The summed E-state index contributed by atoms with van der Waals surface area (Å²) in [7, 11) is 4.01. The Morgan fingerprint density at radius 1 is 1.13 bits per heavy atom. The van der Waals surface area contributed by atoms with Crippen LogP contribution in [0.1, 0.15) is 57.9 Å². The maximum absolute atomic E-state index is 12.9. The highest BCUT2D eigenvalue weighted by molar-refractivity contribution is 5.93. The number of nitrogens with zero attached hydrogens (tertiary/aromatic N) is 2. The highest BCUT2D eigenvalue weighted by Crippen LogP contribution is 2.29. The number of anilines is 2. The van der Waals surface area contributed by atoms with Crippen LogP contribution >= 0.6 is 0 Å². The molecule has 2 fully saturated rings. The van der Waals surface area contributed by atoms with Crippen LogP contribution in [0.5, 0.6) is 0 Å². The summed E-state index contributed by atoms with van der Waals surface area (Å²) in [6.07, 6.45) is 6.40. The first-order chi connectivity index (χ1) is 14.3. The van der Waals surface area contributed by atoms with E-state index in [1.54, 1.807) is 0 Å². The molecule has 1 saturated carbocycles. The maximum atomic E-state index is 12.9. The number of ether oxygens (including phenoxy) is 1. The molecule has 0 aromatic heterocycles. The van der Waals surface area contributed by atoms with Crippen LogP contribution in [-0.4, -0.2) is 50.1 Å². The molecule has 1 saturated heterocycles. The summed E-state index contributed by atoms with van der Waals surface area (Å²) >= 11 is 0. The van der Waals surface area contributed by atoms with Gasteiger partial charge in [0, 0.05) is 57.0 Å². The molecule has 6 nitrogen and oxygen atoms in total. The van der Waals surface area contributed by atoms with E-state index in [4.69, 9.17) is 4.74 Å². The average molecular weight is 416 g/mol. The molecule has 1 aliphatic carbocycles. The monoisotopic (exact) mass is 415 g/mol. The Kier molecular flexibility index (Phi) is 7.75. The quantitative estimate of drug-likeness (QED) is 0.696. The molecule has 0 unspecified atom stereocenters. The van der Waals surface area contributed by atoms with Crippen molar-refractivity contribution >= 4 is 23.2 Å². The lowest BCUT2D eigenvalue weighted by atomic mass is 10.1. The van der Waals surface area contributed by atoms with Gasteiger partial charge in [-0.3, -0.25) is 9.59 Å². The Bertz CT molecular complexity index is 735. The fourth-order valence-electron chi connectivity index (χ4n) is 4.50. The summed E-state index contributed by atoms with van der Waals surface area (Å²) in [5, 5.41) is 3.10. The number of amides is 2. The van der Waals surface area contributed by atoms with E-state index in [2.05, 4.69) is 10.2 Å². The molecule has 1 aromatic rings. The number of nitrogens with one attached hydrogen (secondary N) is 1. The number of hydrogen-bond donors (Lipinski definition) is 1. The summed E-state index contributed by atoms with van der Waals surface area (Å²) in [4.78, 5) is 29.5. The standard InChI is InChI=1S/C24H37N3O3/c1-17(2)24(29)27(16-21-10-7-13-30-21)15-19-14-20(11-12-22(19)26(3)4)25-23(28)18-8-5-6-9-18/h11-12,14,17-18,21H,5-10,13,15-16H2,1-4H3,(H,25,28)/t21-/m1/s1. The van der Waals surface area contributed by atoms with Crippen LogP contribution < -0.4 is 10.2 Å². The van der Waals surface area contributed by atoms with Gasteiger partial charge in [-0.15, -0.1) is 0 Å². The second kappa shape index (κ2) is 10.3. The largest absolute Gasteiger partial charge is 0.377 e. The zero-order chi connectivity index (χ0) is 21.7. The van der Waals surface area contributed by atoms with Crippen molar-refractivity contribution in [1.82, 2.24) is 4.90 Å². The van der Waals surface area contributed by atoms with E-state index in [-0.39, 0.29) is 29.8 Å². The molecule has 0 spiro atoms. The zero-order valence-electron chi connectivity index (χ0n) is 18.9. The van der Waals surface area contributed by atoms with Crippen LogP contribution in [0.15, 0.2) is 18.2 Å². The number of rotatable bonds is 8. The number of hydrogen-bond acceptors (Lipinski definition) is 4. The van der Waals surface area contributed by atoms with E-state index in [1.807, 2.05) is 51.0 Å². The Morgan fingerprint density at radius 3 is 2.47 bits per heavy atom. The van der Waals surface area contributed by atoms with Gasteiger partial charge in [-0.05, 0) is 49.4 Å². The predicted octanol–water partition coefficient (Wildman–Crippen LogP) is 4.04.